The molecule has 0 amide bonds. The van der Waals surface area contributed by atoms with Gasteiger partial charge >= 0.3 is 5.51 Å². The van der Waals surface area contributed by atoms with Crippen molar-refractivity contribution in [3.63, 3.8) is 0 Å². The number of thioether (sulfide) groups is 2. The van der Waals surface area contributed by atoms with E-state index in [1.807, 2.05) is 0 Å². The molecule has 1 heterocycles. The number of hydrogen-bond acceptors (Lipinski definition) is 5. The van der Waals surface area contributed by atoms with Crippen LogP contribution in [0.3, 0.4) is 0 Å². The van der Waals surface area contributed by atoms with Crippen LogP contribution in [0.4, 0.5) is 13.2 Å². The van der Waals surface area contributed by atoms with Crippen LogP contribution in [0.15, 0.2) is 30.3 Å². The van der Waals surface area contributed by atoms with Gasteiger partial charge in [-0.25, -0.2) is 8.42 Å². The average Bonchev–Trinajstić information content (AvgIpc) is 2.54. The summed E-state index contributed by atoms with van der Waals surface area (Å²) in [6, 6.07) is 11.1. The van der Waals surface area contributed by atoms with Crippen LogP contribution in [0.1, 0.15) is 20.8 Å². The first-order valence-corrected chi connectivity index (χ1v) is 14.5. The molecule has 156 valence electrons. The molecule has 1 aromatic rings. The molecule has 0 bridgehead atoms. The molecule has 3 nitrogen and oxygen atoms in total. The highest BCUT2D eigenvalue weighted by Crippen LogP contribution is 2.65. The molecule has 0 radical (unpaired) electrons. The second-order valence-corrected chi connectivity index (χ2v) is 16.6. The van der Waals surface area contributed by atoms with Crippen molar-refractivity contribution in [1.29, 1.82) is 0 Å². The van der Waals surface area contributed by atoms with Gasteiger partial charge in [0.05, 0.1) is 25.9 Å². The van der Waals surface area contributed by atoms with E-state index in [-0.39, 0.29) is 0 Å². The molecule has 0 aliphatic carbocycles. The van der Waals surface area contributed by atoms with Crippen molar-refractivity contribution in [2.24, 2.45) is 11.3 Å². The Morgan fingerprint density at radius 2 is 1.44 bits per heavy atom. The van der Waals surface area contributed by atoms with Gasteiger partial charge in [-0.05, 0) is 23.5 Å². The smallest absolute Gasteiger partial charge is 0.485 e. The van der Waals surface area contributed by atoms with Gasteiger partial charge in [0.15, 0.2) is 14.4 Å². The van der Waals surface area contributed by atoms with E-state index in [1.165, 1.54) is 11.5 Å². The standard InChI is InChI=1S/C16H26PS2.CHF3O3S/c1-16(2,3)13-11-18-15(19-12-13)17(4,5)14-9-7-6-8-10-14;2-1(3,4)8(5,6)7/h6-10,13,15H,11-12H2,1-5H3;(H,5,6,7)/q+1;/p-1. The Bertz CT molecular complexity index is 694. The van der Waals surface area contributed by atoms with Gasteiger partial charge in [-0.1, -0.05) is 39.0 Å². The van der Waals surface area contributed by atoms with E-state index < -0.39 is 22.9 Å². The molecule has 0 unspecified atom stereocenters. The number of alkyl halides is 3. The van der Waals surface area contributed by atoms with Crippen molar-refractivity contribution in [3.05, 3.63) is 30.3 Å². The van der Waals surface area contributed by atoms with Gasteiger partial charge in [0, 0.05) is 11.5 Å². The second-order valence-electron chi connectivity index (χ2n) is 7.81. The molecule has 1 fully saturated rings. The number of rotatable bonds is 2. The molecule has 0 N–H and O–H groups in total. The summed E-state index contributed by atoms with van der Waals surface area (Å²) in [6.45, 7) is 12.2. The summed E-state index contributed by atoms with van der Waals surface area (Å²) in [5, 5.41) is 1.58. The lowest BCUT2D eigenvalue weighted by Crippen LogP contribution is -2.31. The lowest BCUT2D eigenvalue weighted by Gasteiger charge is -2.38. The Kier molecular flexibility index (Phi) is 8.59. The van der Waals surface area contributed by atoms with Crippen LogP contribution >= 0.6 is 30.8 Å². The number of halogens is 3. The van der Waals surface area contributed by atoms with Gasteiger partial charge in [0.2, 0.25) is 0 Å². The normalized spacial score (nSPS) is 22.0. The van der Waals surface area contributed by atoms with Crippen LogP contribution < -0.4 is 5.30 Å². The van der Waals surface area contributed by atoms with Gasteiger partial charge in [-0.2, -0.15) is 13.2 Å². The van der Waals surface area contributed by atoms with E-state index in [9.17, 15) is 13.2 Å². The highest BCUT2D eigenvalue weighted by atomic mass is 32.2. The van der Waals surface area contributed by atoms with Crippen molar-refractivity contribution in [1.82, 2.24) is 0 Å². The monoisotopic (exact) mass is 462 g/mol. The van der Waals surface area contributed by atoms with Crippen molar-refractivity contribution >= 4 is 46.2 Å². The fourth-order valence-corrected chi connectivity index (χ4v) is 10.7. The minimum atomic E-state index is -6.09. The van der Waals surface area contributed by atoms with Crippen molar-refractivity contribution in [2.45, 2.75) is 30.6 Å². The van der Waals surface area contributed by atoms with Crippen LogP contribution in [-0.2, 0) is 10.1 Å². The predicted molar refractivity (Wildman–Crippen MR) is 112 cm³/mol. The largest absolute Gasteiger partial charge is 0.741 e. The highest BCUT2D eigenvalue weighted by Gasteiger charge is 2.43. The third-order valence-corrected chi connectivity index (χ3v) is 14.2. The van der Waals surface area contributed by atoms with Crippen LogP contribution in [0.25, 0.3) is 0 Å². The molecule has 10 heteroatoms. The number of benzene rings is 1. The van der Waals surface area contributed by atoms with E-state index in [0.29, 0.717) is 5.41 Å². The Morgan fingerprint density at radius 3 is 1.78 bits per heavy atom. The zero-order valence-corrected chi connectivity index (χ0v) is 19.3. The Labute approximate surface area is 169 Å². The van der Waals surface area contributed by atoms with Gasteiger partial charge in [0.25, 0.3) is 0 Å². The maximum Gasteiger partial charge on any atom is 0.485 e. The number of hydrogen-bond donors (Lipinski definition) is 0. The first-order chi connectivity index (χ1) is 12.1. The zero-order valence-electron chi connectivity index (χ0n) is 16.0. The van der Waals surface area contributed by atoms with Crippen LogP contribution in [0.5, 0.6) is 0 Å². The SMILES string of the molecule is CC(C)(C)C1CSC([P+](C)(C)c2ccccc2)SC1.O=S(=O)([O-])C(F)(F)F. The first kappa shape index (κ1) is 25.1. The molecule has 1 saturated heterocycles. The van der Waals surface area contributed by atoms with Gasteiger partial charge < -0.3 is 4.55 Å². The molecule has 0 aromatic heterocycles. The lowest BCUT2D eigenvalue weighted by atomic mass is 9.83. The minimum Gasteiger partial charge on any atom is -0.741 e. The Balaban J connectivity index is 0.000000387. The summed E-state index contributed by atoms with van der Waals surface area (Å²) in [7, 11) is -7.11. The third-order valence-electron chi connectivity index (χ3n) is 4.34. The highest BCUT2D eigenvalue weighted by molar-refractivity contribution is 8.27. The van der Waals surface area contributed by atoms with Crippen LogP contribution in [0, 0.1) is 11.3 Å². The van der Waals surface area contributed by atoms with E-state index in [2.05, 4.69) is 88.0 Å². The van der Waals surface area contributed by atoms with Gasteiger partial charge in [-0.3, -0.25) is 0 Å². The third kappa shape index (κ3) is 7.42. The topological polar surface area (TPSA) is 57.2 Å². The molecular formula is C17H26F3O3PS3. The van der Waals surface area contributed by atoms with Crippen LogP contribution in [0.2, 0.25) is 0 Å². The molecular weight excluding hydrogens is 436 g/mol. The van der Waals surface area contributed by atoms with E-state index in [4.69, 9.17) is 13.0 Å². The molecule has 1 aromatic carbocycles. The van der Waals surface area contributed by atoms with Crippen molar-refractivity contribution < 1.29 is 26.1 Å². The average molecular weight is 463 g/mol. The van der Waals surface area contributed by atoms with Crippen molar-refractivity contribution in [2.75, 3.05) is 24.8 Å². The van der Waals surface area contributed by atoms with Crippen LogP contribution in [-0.4, -0.2) is 47.6 Å². The minimum absolute atomic E-state index is 0.459. The molecule has 27 heavy (non-hydrogen) atoms. The molecule has 0 saturated carbocycles. The summed E-state index contributed by atoms with van der Waals surface area (Å²) >= 11 is 4.42. The molecule has 1 aliphatic rings. The fourth-order valence-electron chi connectivity index (χ4n) is 2.30. The fraction of sp³-hybridized carbons (Fsp3) is 0.647. The maximum atomic E-state index is 10.7. The lowest BCUT2D eigenvalue weighted by molar-refractivity contribution is -0.0517. The Morgan fingerprint density at radius 1 is 1.04 bits per heavy atom. The Hall–Kier alpha value is 0.0500. The van der Waals surface area contributed by atoms with E-state index in [1.54, 1.807) is 5.30 Å². The molecule has 0 atom stereocenters. The summed E-state index contributed by atoms with van der Waals surface area (Å²) < 4.78 is 59.7. The summed E-state index contributed by atoms with van der Waals surface area (Å²) in [5.41, 5.74) is -5.19. The molecule has 2 rings (SSSR count). The summed E-state index contributed by atoms with van der Waals surface area (Å²) in [5.74, 6) is 3.52. The van der Waals surface area contributed by atoms with Crippen molar-refractivity contribution in [3.8, 4) is 0 Å². The second kappa shape index (κ2) is 9.24. The molecule has 0 spiro atoms. The predicted octanol–water partition coefficient (Wildman–Crippen LogP) is 5.07. The summed E-state index contributed by atoms with van der Waals surface area (Å²) in [6.07, 6.45) is 0. The zero-order chi connectivity index (χ0) is 21.1. The maximum absolute atomic E-state index is 10.7. The van der Waals surface area contributed by atoms with E-state index >= 15 is 0 Å². The first-order valence-electron chi connectivity index (χ1n) is 8.21. The molecule has 1 aliphatic heterocycles. The summed E-state index contributed by atoms with van der Waals surface area (Å²) in [4.78, 5) is 0. The van der Waals surface area contributed by atoms with Gasteiger partial charge in [0.1, 0.15) is 0 Å². The quantitative estimate of drug-likeness (QED) is 0.349. The van der Waals surface area contributed by atoms with Gasteiger partial charge in [-0.15, -0.1) is 23.5 Å². The van der Waals surface area contributed by atoms with E-state index in [0.717, 1.165) is 10.2 Å².